The Hall–Kier alpha value is -1.89. The maximum absolute atomic E-state index is 11.7. The SMILES string of the molecule is CC/C=C\C/C=C\C/C=C\C/C=C\C/C=C\C/C=C\CC(=O)C(C)(C)C. The summed E-state index contributed by atoms with van der Waals surface area (Å²) in [6.45, 7) is 8.05. The molecule has 0 rings (SSSR count). The van der Waals surface area contributed by atoms with Crippen LogP contribution in [0.25, 0.3) is 0 Å². The van der Waals surface area contributed by atoms with Crippen LogP contribution in [0.3, 0.4) is 0 Å². The summed E-state index contributed by atoms with van der Waals surface area (Å²) < 4.78 is 0. The van der Waals surface area contributed by atoms with E-state index in [1.54, 1.807) is 0 Å². The zero-order valence-corrected chi connectivity index (χ0v) is 17.3. The Kier molecular flexibility index (Phi) is 15.4. The summed E-state index contributed by atoms with van der Waals surface area (Å²) in [6, 6.07) is 0. The van der Waals surface area contributed by atoms with E-state index in [9.17, 15) is 4.79 Å². The molecule has 26 heavy (non-hydrogen) atoms. The highest BCUT2D eigenvalue weighted by Gasteiger charge is 2.18. The number of rotatable bonds is 13. The molecule has 0 amide bonds. The molecule has 0 aromatic rings. The number of allylic oxidation sites excluding steroid dienone is 12. The van der Waals surface area contributed by atoms with E-state index in [0.29, 0.717) is 6.42 Å². The molecule has 1 heteroatoms. The first-order valence-electron chi connectivity index (χ1n) is 9.91. The van der Waals surface area contributed by atoms with Crippen LogP contribution in [0, 0.1) is 5.41 Å². The van der Waals surface area contributed by atoms with Crippen molar-refractivity contribution in [3.8, 4) is 0 Å². The van der Waals surface area contributed by atoms with Gasteiger partial charge in [0.1, 0.15) is 5.78 Å². The van der Waals surface area contributed by atoms with Crippen LogP contribution in [0.5, 0.6) is 0 Å². The molecular formula is C25H38O. The second-order valence-corrected chi connectivity index (χ2v) is 7.29. The van der Waals surface area contributed by atoms with E-state index < -0.39 is 0 Å². The van der Waals surface area contributed by atoms with Gasteiger partial charge < -0.3 is 0 Å². The minimum atomic E-state index is -0.234. The second kappa shape index (κ2) is 16.6. The minimum absolute atomic E-state index is 0.234. The van der Waals surface area contributed by atoms with Gasteiger partial charge in [-0.3, -0.25) is 4.79 Å². The molecule has 0 atom stereocenters. The first-order valence-corrected chi connectivity index (χ1v) is 9.91. The van der Waals surface area contributed by atoms with Gasteiger partial charge in [0, 0.05) is 11.8 Å². The summed E-state index contributed by atoms with van der Waals surface area (Å²) in [5.74, 6) is 0.289. The van der Waals surface area contributed by atoms with Crippen LogP contribution < -0.4 is 0 Å². The second-order valence-electron chi connectivity index (χ2n) is 7.29. The van der Waals surface area contributed by atoms with Gasteiger partial charge in [0.15, 0.2) is 0 Å². The van der Waals surface area contributed by atoms with Crippen LogP contribution in [0.4, 0.5) is 0 Å². The molecule has 0 unspecified atom stereocenters. The van der Waals surface area contributed by atoms with Crippen molar-refractivity contribution in [3.05, 3.63) is 72.9 Å². The topological polar surface area (TPSA) is 17.1 Å². The standard InChI is InChI=1S/C25H38O/c1-5-6-7-8-9-10-11-12-13-14-15-16-17-18-19-20-21-22-23-24(26)25(2,3)4/h6-7,9-10,12-13,15-16,18-19,21-22H,5,8,11,14,17,20,23H2,1-4H3/b7-6-,10-9-,13-12-,16-15-,19-18-,22-21-. The number of hydrogen-bond donors (Lipinski definition) is 0. The quantitative estimate of drug-likeness (QED) is 0.310. The molecule has 0 aromatic heterocycles. The van der Waals surface area contributed by atoms with E-state index in [1.165, 1.54) is 0 Å². The molecule has 0 aliphatic carbocycles. The average molecular weight is 355 g/mol. The van der Waals surface area contributed by atoms with E-state index >= 15 is 0 Å². The smallest absolute Gasteiger partial charge is 0.141 e. The highest BCUT2D eigenvalue weighted by Crippen LogP contribution is 2.16. The van der Waals surface area contributed by atoms with Crippen LogP contribution in [0.2, 0.25) is 0 Å². The first-order chi connectivity index (χ1) is 12.5. The minimum Gasteiger partial charge on any atom is -0.299 e. The monoisotopic (exact) mass is 354 g/mol. The third-order valence-corrected chi connectivity index (χ3v) is 3.74. The Balaban J connectivity index is 3.66. The molecule has 0 saturated carbocycles. The number of ketones is 1. The molecule has 0 bridgehead atoms. The van der Waals surface area contributed by atoms with Gasteiger partial charge in [-0.05, 0) is 38.5 Å². The summed E-state index contributed by atoms with van der Waals surface area (Å²) >= 11 is 0. The Labute approximate surface area is 162 Å². The van der Waals surface area contributed by atoms with Crippen LogP contribution >= 0.6 is 0 Å². The van der Waals surface area contributed by atoms with E-state index in [4.69, 9.17) is 0 Å². The van der Waals surface area contributed by atoms with E-state index in [-0.39, 0.29) is 11.2 Å². The normalized spacial score (nSPS) is 13.7. The van der Waals surface area contributed by atoms with Crippen molar-refractivity contribution in [1.29, 1.82) is 0 Å². The first kappa shape index (κ1) is 24.1. The third kappa shape index (κ3) is 17.0. The van der Waals surface area contributed by atoms with Crippen molar-refractivity contribution in [2.24, 2.45) is 5.41 Å². The Bertz CT molecular complexity index is 519. The average Bonchev–Trinajstić information content (AvgIpc) is 2.59. The molecule has 0 N–H and O–H groups in total. The Morgan fingerprint density at radius 2 is 0.885 bits per heavy atom. The van der Waals surface area contributed by atoms with Crippen LogP contribution in [0.15, 0.2) is 72.9 Å². The zero-order valence-electron chi connectivity index (χ0n) is 17.3. The highest BCUT2D eigenvalue weighted by atomic mass is 16.1. The number of carbonyl (C=O) groups excluding carboxylic acids is 1. The van der Waals surface area contributed by atoms with Gasteiger partial charge >= 0.3 is 0 Å². The lowest BCUT2D eigenvalue weighted by molar-refractivity contribution is -0.125. The molecule has 0 aliphatic heterocycles. The van der Waals surface area contributed by atoms with Crippen molar-refractivity contribution < 1.29 is 4.79 Å². The van der Waals surface area contributed by atoms with Gasteiger partial charge in [0.25, 0.3) is 0 Å². The van der Waals surface area contributed by atoms with Crippen molar-refractivity contribution >= 4 is 5.78 Å². The molecular weight excluding hydrogens is 316 g/mol. The maximum atomic E-state index is 11.7. The summed E-state index contributed by atoms with van der Waals surface area (Å²) in [5, 5.41) is 0. The van der Waals surface area contributed by atoms with Gasteiger partial charge in [0.2, 0.25) is 0 Å². The van der Waals surface area contributed by atoms with Crippen LogP contribution in [-0.4, -0.2) is 5.78 Å². The van der Waals surface area contributed by atoms with Gasteiger partial charge in [-0.2, -0.15) is 0 Å². The molecule has 0 saturated heterocycles. The van der Waals surface area contributed by atoms with Crippen molar-refractivity contribution in [2.45, 2.75) is 72.6 Å². The lowest BCUT2D eigenvalue weighted by Crippen LogP contribution is -2.18. The van der Waals surface area contributed by atoms with Gasteiger partial charge in [-0.1, -0.05) is 101 Å². The fourth-order valence-electron chi connectivity index (χ4n) is 2.02. The van der Waals surface area contributed by atoms with E-state index in [0.717, 1.165) is 38.5 Å². The summed E-state index contributed by atoms with van der Waals surface area (Å²) in [5.41, 5.74) is -0.234. The van der Waals surface area contributed by atoms with Crippen molar-refractivity contribution in [2.75, 3.05) is 0 Å². The number of carbonyl (C=O) groups is 1. The fourth-order valence-corrected chi connectivity index (χ4v) is 2.02. The molecule has 0 spiro atoms. The van der Waals surface area contributed by atoms with Crippen LogP contribution in [-0.2, 0) is 4.79 Å². The molecule has 0 heterocycles. The maximum Gasteiger partial charge on any atom is 0.141 e. The van der Waals surface area contributed by atoms with E-state index in [1.807, 2.05) is 26.8 Å². The molecule has 144 valence electrons. The fraction of sp³-hybridized carbons (Fsp3) is 0.480. The van der Waals surface area contributed by atoms with Gasteiger partial charge in [0.05, 0.1) is 0 Å². The predicted molar refractivity (Wildman–Crippen MR) is 117 cm³/mol. The molecule has 0 aliphatic rings. The Morgan fingerprint density at radius 3 is 1.19 bits per heavy atom. The van der Waals surface area contributed by atoms with Gasteiger partial charge in [-0.25, -0.2) is 0 Å². The zero-order chi connectivity index (χ0) is 19.5. The molecule has 0 radical (unpaired) electrons. The van der Waals surface area contributed by atoms with E-state index in [2.05, 4.69) is 73.8 Å². The summed E-state index contributed by atoms with van der Waals surface area (Å²) in [7, 11) is 0. The highest BCUT2D eigenvalue weighted by molar-refractivity contribution is 5.84. The molecule has 0 aromatic carbocycles. The number of hydrogen-bond acceptors (Lipinski definition) is 1. The largest absolute Gasteiger partial charge is 0.299 e. The lowest BCUT2D eigenvalue weighted by atomic mass is 9.89. The predicted octanol–water partition coefficient (Wildman–Crippen LogP) is 7.69. The third-order valence-electron chi connectivity index (χ3n) is 3.74. The Morgan fingerprint density at radius 1 is 0.577 bits per heavy atom. The summed E-state index contributed by atoms with van der Waals surface area (Å²) in [6.07, 6.45) is 32.6. The molecule has 0 fully saturated rings. The number of Topliss-reactive ketones (excluding diaryl/α,β-unsaturated/α-hetero) is 1. The molecule has 1 nitrogen and oxygen atoms in total. The van der Waals surface area contributed by atoms with Crippen molar-refractivity contribution in [1.82, 2.24) is 0 Å². The lowest BCUT2D eigenvalue weighted by Gasteiger charge is -2.14. The van der Waals surface area contributed by atoms with Crippen molar-refractivity contribution in [3.63, 3.8) is 0 Å². The van der Waals surface area contributed by atoms with Crippen LogP contribution in [0.1, 0.15) is 72.6 Å². The van der Waals surface area contributed by atoms with Gasteiger partial charge in [-0.15, -0.1) is 0 Å². The summed E-state index contributed by atoms with van der Waals surface area (Å²) in [4.78, 5) is 11.7.